The van der Waals surface area contributed by atoms with Crippen LogP contribution in [0.4, 0.5) is 0 Å². The maximum atomic E-state index is 5.69. The normalized spacial score (nSPS) is 26.5. The molecule has 1 aliphatic rings. The van der Waals surface area contributed by atoms with Gasteiger partial charge in [0.1, 0.15) is 0 Å². The van der Waals surface area contributed by atoms with Gasteiger partial charge in [0.05, 0.1) is 13.2 Å². The summed E-state index contributed by atoms with van der Waals surface area (Å²) < 4.78 is 5.69. The summed E-state index contributed by atoms with van der Waals surface area (Å²) in [4.78, 5) is 4.70. The number of likely N-dealkylation sites (N-methyl/N-ethyl adjacent to an activating group) is 1. The van der Waals surface area contributed by atoms with Gasteiger partial charge in [0.25, 0.3) is 0 Å². The van der Waals surface area contributed by atoms with Crippen LogP contribution in [0.25, 0.3) is 0 Å². The number of ether oxygens (including phenoxy) is 1. The number of rotatable bonds is 7. The molecule has 1 atom stereocenters. The largest absolute Gasteiger partial charge is 0.379 e. The van der Waals surface area contributed by atoms with E-state index >= 15 is 0 Å². The van der Waals surface area contributed by atoms with Crippen LogP contribution in [-0.4, -0.2) is 75.4 Å². The zero-order chi connectivity index (χ0) is 13.4. The molecular weight excluding hydrogens is 226 g/mol. The Bertz CT molecular complexity index is 223. The molecule has 0 saturated carbocycles. The lowest BCUT2D eigenvalue weighted by atomic mass is 9.99. The van der Waals surface area contributed by atoms with Gasteiger partial charge in [0, 0.05) is 25.2 Å². The molecule has 18 heavy (non-hydrogen) atoms. The topological polar surface area (TPSA) is 27.7 Å². The van der Waals surface area contributed by atoms with E-state index in [1.165, 1.54) is 19.4 Å². The van der Waals surface area contributed by atoms with Crippen LogP contribution in [-0.2, 0) is 4.74 Å². The molecule has 0 aromatic carbocycles. The van der Waals surface area contributed by atoms with Crippen LogP contribution in [0, 0.1) is 0 Å². The molecule has 1 unspecified atom stereocenters. The second kappa shape index (κ2) is 8.10. The fourth-order valence-electron chi connectivity index (χ4n) is 2.29. The molecule has 0 aromatic heterocycles. The van der Waals surface area contributed by atoms with Crippen molar-refractivity contribution in [1.82, 2.24) is 15.1 Å². The molecular formula is C14H31N3O. The highest BCUT2D eigenvalue weighted by atomic mass is 16.5. The first kappa shape index (κ1) is 15.9. The Morgan fingerprint density at radius 1 is 1.33 bits per heavy atom. The van der Waals surface area contributed by atoms with Gasteiger partial charge in [-0.1, -0.05) is 6.92 Å². The molecule has 1 rings (SSSR count). The quantitative estimate of drug-likeness (QED) is 0.690. The lowest BCUT2D eigenvalue weighted by Crippen LogP contribution is -2.49. The number of nitrogens with one attached hydrogen (secondary N) is 1. The van der Waals surface area contributed by atoms with Crippen LogP contribution in [0.1, 0.15) is 26.7 Å². The van der Waals surface area contributed by atoms with E-state index in [0.717, 1.165) is 39.4 Å². The van der Waals surface area contributed by atoms with Gasteiger partial charge in [-0.05, 0) is 47.0 Å². The maximum Gasteiger partial charge on any atom is 0.0594 e. The summed E-state index contributed by atoms with van der Waals surface area (Å²) in [5.74, 6) is 0. The fourth-order valence-corrected chi connectivity index (χ4v) is 2.29. The third kappa shape index (κ3) is 6.14. The molecule has 0 radical (unpaired) electrons. The van der Waals surface area contributed by atoms with E-state index in [2.05, 4.69) is 43.1 Å². The average Bonchev–Trinajstić information content (AvgIpc) is 2.51. The molecule has 0 bridgehead atoms. The third-order valence-corrected chi connectivity index (χ3v) is 3.79. The highest BCUT2D eigenvalue weighted by molar-refractivity contribution is 4.87. The van der Waals surface area contributed by atoms with Crippen LogP contribution in [0.2, 0.25) is 0 Å². The number of nitrogens with zero attached hydrogens (tertiary/aromatic N) is 2. The Morgan fingerprint density at radius 2 is 2.11 bits per heavy atom. The predicted molar refractivity (Wildman–Crippen MR) is 77.1 cm³/mol. The van der Waals surface area contributed by atoms with Crippen LogP contribution in [0.15, 0.2) is 0 Å². The van der Waals surface area contributed by atoms with E-state index < -0.39 is 0 Å². The van der Waals surface area contributed by atoms with Crippen molar-refractivity contribution in [2.24, 2.45) is 0 Å². The molecule has 1 aliphatic heterocycles. The van der Waals surface area contributed by atoms with Crippen molar-refractivity contribution in [2.45, 2.75) is 32.2 Å². The summed E-state index contributed by atoms with van der Waals surface area (Å²) in [7, 11) is 4.16. The first-order valence-electron chi connectivity index (χ1n) is 7.25. The van der Waals surface area contributed by atoms with Crippen molar-refractivity contribution in [3.63, 3.8) is 0 Å². The minimum absolute atomic E-state index is 0.278. The minimum Gasteiger partial charge on any atom is -0.379 e. The fraction of sp³-hybridized carbons (Fsp3) is 1.00. The number of hydrogen-bond acceptors (Lipinski definition) is 4. The van der Waals surface area contributed by atoms with E-state index in [4.69, 9.17) is 4.74 Å². The van der Waals surface area contributed by atoms with Crippen LogP contribution < -0.4 is 5.32 Å². The zero-order valence-electron chi connectivity index (χ0n) is 12.7. The Morgan fingerprint density at radius 3 is 2.78 bits per heavy atom. The average molecular weight is 257 g/mol. The molecule has 0 spiro atoms. The van der Waals surface area contributed by atoms with Crippen molar-refractivity contribution >= 4 is 0 Å². The second-order valence-corrected chi connectivity index (χ2v) is 5.89. The van der Waals surface area contributed by atoms with Gasteiger partial charge in [-0.3, -0.25) is 4.90 Å². The van der Waals surface area contributed by atoms with Crippen molar-refractivity contribution in [3.05, 3.63) is 0 Å². The van der Waals surface area contributed by atoms with Gasteiger partial charge in [-0.25, -0.2) is 0 Å². The highest BCUT2D eigenvalue weighted by Crippen LogP contribution is 2.14. The van der Waals surface area contributed by atoms with Gasteiger partial charge in [0.15, 0.2) is 0 Å². The van der Waals surface area contributed by atoms with E-state index in [-0.39, 0.29) is 5.54 Å². The van der Waals surface area contributed by atoms with Gasteiger partial charge < -0.3 is 15.0 Å². The van der Waals surface area contributed by atoms with E-state index in [1.807, 2.05) is 0 Å². The van der Waals surface area contributed by atoms with Crippen molar-refractivity contribution in [2.75, 3.05) is 60.0 Å². The summed E-state index contributed by atoms with van der Waals surface area (Å²) in [6, 6.07) is 0. The smallest absolute Gasteiger partial charge is 0.0594 e. The molecule has 0 amide bonds. The summed E-state index contributed by atoms with van der Waals surface area (Å²) in [5.41, 5.74) is 0.278. The molecule has 1 saturated heterocycles. The SMILES string of the molecule is CCC1(C)CN(CCOCCN(C)C)CCCN1. The van der Waals surface area contributed by atoms with E-state index in [1.54, 1.807) is 0 Å². The van der Waals surface area contributed by atoms with Gasteiger partial charge in [0.2, 0.25) is 0 Å². The minimum atomic E-state index is 0.278. The lowest BCUT2D eigenvalue weighted by molar-refractivity contribution is 0.0869. The standard InChI is InChI=1S/C14H31N3O/c1-5-14(2)13-17(8-6-7-15-14)10-12-18-11-9-16(3)4/h15H,5-13H2,1-4H3. The molecule has 4 heteroatoms. The molecule has 0 aromatic rings. The third-order valence-electron chi connectivity index (χ3n) is 3.79. The molecule has 1 fully saturated rings. The van der Waals surface area contributed by atoms with Crippen molar-refractivity contribution in [3.8, 4) is 0 Å². The summed E-state index contributed by atoms with van der Waals surface area (Å²) >= 11 is 0. The summed E-state index contributed by atoms with van der Waals surface area (Å²) in [5, 5.41) is 3.66. The maximum absolute atomic E-state index is 5.69. The lowest BCUT2D eigenvalue weighted by Gasteiger charge is -2.32. The summed E-state index contributed by atoms with van der Waals surface area (Å²) in [6.45, 7) is 11.8. The van der Waals surface area contributed by atoms with Crippen LogP contribution in [0.3, 0.4) is 0 Å². The second-order valence-electron chi connectivity index (χ2n) is 5.89. The van der Waals surface area contributed by atoms with Crippen molar-refractivity contribution in [1.29, 1.82) is 0 Å². The van der Waals surface area contributed by atoms with Crippen LogP contribution in [0.5, 0.6) is 0 Å². The molecule has 1 N–H and O–H groups in total. The van der Waals surface area contributed by atoms with Crippen LogP contribution >= 0.6 is 0 Å². The van der Waals surface area contributed by atoms with Gasteiger partial charge >= 0.3 is 0 Å². The number of hydrogen-bond donors (Lipinski definition) is 1. The Hall–Kier alpha value is -0.160. The zero-order valence-corrected chi connectivity index (χ0v) is 12.7. The van der Waals surface area contributed by atoms with E-state index in [9.17, 15) is 0 Å². The Labute approximate surface area is 113 Å². The highest BCUT2D eigenvalue weighted by Gasteiger charge is 2.26. The molecule has 1 heterocycles. The Balaban J connectivity index is 2.20. The van der Waals surface area contributed by atoms with Gasteiger partial charge in [-0.2, -0.15) is 0 Å². The monoisotopic (exact) mass is 257 g/mol. The molecule has 4 nitrogen and oxygen atoms in total. The first-order chi connectivity index (χ1) is 8.56. The molecule has 0 aliphatic carbocycles. The first-order valence-corrected chi connectivity index (χ1v) is 7.25. The molecule has 108 valence electrons. The summed E-state index contributed by atoms with van der Waals surface area (Å²) in [6.07, 6.45) is 2.43. The van der Waals surface area contributed by atoms with E-state index in [0.29, 0.717) is 0 Å². The van der Waals surface area contributed by atoms with Crippen molar-refractivity contribution < 1.29 is 4.74 Å². The van der Waals surface area contributed by atoms with Gasteiger partial charge in [-0.15, -0.1) is 0 Å². The Kier molecular flexibility index (Phi) is 7.15. The predicted octanol–water partition coefficient (Wildman–Crippen LogP) is 1.03.